The molecule has 2 aromatic rings. The van der Waals surface area contributed by atoms with Gasteiger partial charge in [-0.25, -0.2) is 0 Å². The first kappa shape index (κ1) is 17.3. The number of hydrogen-bond donors (Lipinski definition) is 0. The minimum absolute atomic E-state index is 0.0860. The molecule has 1 fully saturated rings. The highest BCUT2D eigenvalue weighted by atomic mass is 16.5. The van der Waals surface area contributed by atoms with Crippen molar-refractivity contribution in [1.29, 1.82) is 0 Å². The van der Waals surface area contributed by atoms with Crippen LogP contribution in [0.15, 0.2) is 16.8 Å². The van der Waals surface area contributed by atoms with Crippen LogP contribution in [0.3, 0.4) is 0 Å². The quantitative estimate of drug-likeness (QED) is 0.843. The molecule has 3 heterocycles. The van der Waals surface area contributed by atoms with Gasteiger partial charge in [0.25, 0.3) is 5.91 Å². The van der Waals surface area contributed by atoms with Gasteiger partial charge in [0.05, 0.1) is 5.69 Å². The second kappa shape index (κ2) is 6.89. The highest BCUT2D eigenvalue weighted by Gasteiger charge is 2.32. The maximum atomic E-state index is 12.9. The highest BCUT2D eigenvalue weighted by molar-refractivity contribution is 5.92. The monoisotopic (exact) mass is 356 g/mol. The molecule has 6 nitrogen and oxygen atoms in total. The van der Waals surface area contributed by atoms with Gasteiger partial charge in [-0.05, 0) is 57.9 Å². The Balaban J connectivity index is 1.44. The highest BCUT2D eigenvalue weighted by Crippen LogP contribution is 2.36. The topological polar surface area (TPSA) is 64.2 Å². The summed E-state index contributed by atoms with van der Waals surface area (Å²) < 4.78 is 7.56. The van der Waals surface area contributed by atoms with E-state index in [-0.39, 0.29) is 11.9 Å². The number of carbonyl (C=O) groups excluding carboxylic acids is 1. The van der Waals surface area contributed by atoms with E-state index in [0.29, 0.717) is 17.5 Å². The second-order valence-corrected chi connectivity index (χ2v) is 8.14. The predicted octanol–water partition coefficient (Wildman–Crippen LogP) is 3.60. The Morgan fingerprint density at radius 1 is 1.27 bits per heavy atom. The minimum atomic E-state index is 0.0860. The maximum Gasteiger partial charge on any atom is 0.272 e. The fourth-order valence-electron chi connectivity index (χ4n) is 4.33. The van der Waals surface area contributed by atoms with Crippen LogP contribution in [0.4, 0.5) is 0 Å². The molecule has 1 amide bonds. The summed E-state index contributed by atoms with van der Waals surface area (Å²) in [6.07, 6.45) is 6.92. The maximum absolute atomic E-state index is 12.9. The summed E-state index contributed by atoms with van der Waals surface area (Å²) >= 11 is 0. The van der Waals surface area contributed by atoms with Crippen molar-refractivity contribution in [1.82, 2.24) is 19.8 Å². The molecule has 1 atom stereocenters. The average molecular weight is 356 g/mol. The van der Waals surface area contributed by atoms with E-state index in [9.17, 15) is 4.79 Å². The molecule has 1 saturated heterocycles. The van der Waals surface area contributed by atoms with Crippen molar-refractivity contribution in [3.05, 3.63) is 35.0 Å². The number of fused-ring (bicyclic) bond motifs is 1. The predicted molar refractivity (Wildman–Crippen MR) is 98.2 cm³/mol. The number of aryl methyl sites for hydroxylation is 1. The number of likely N-dealkylation sites (tertiary alicyclic amines) is 1. The van der Waals surface area contributed by atoms with Crippen molar-refractivity contribution in [3.8, 4) is 0 Å². The number of hydrogen-bond acceptors (Lipinski definition) is 4. The first-order valence-electron chi connectivity index (χ1n) is 9.84. The van der Waals surface area contributed by atoms with E-state index in [0.717, 1.165) is 50.2 Å². The molecule has 2 aromatic heterocycles. The van der Waals surface area contributed by atoms with E-state index >= 15 is 0 Å². The Labute approximate surface area is 154 Å². The Kier molecular flexibility index (Phi) is 4.59. The van der Waals surface area contributed by atoms with Crippen molar-refractivity contribution in [2.45, 2.75) is 64.8 Å². The van der Waals surface area contributed by atoms with Gasteiger partial charge >= 0.3 is 0 Å². The van der Waals surface area contributed by atoms with Crippen LogP contribution in [0, 0.1) is 5.92 Å². The molecule has 4 rings (SSSR count). The lowest BCUT2D eigenvalue weighted by Gasteiger charge is -2.32. The lowest BCUT2D eigenvalue weighted by Crippen LogP contribution is -2.39. The van der Waals surface area contributed by atoms with Crippen molar-refractivity contribution >= 4 is 5.91 Å². The normalized spacial score (nSPS) is 21.2. The van der Waals surface area contributed by atoms with Gasteiger partial charge in [0, 0.05) is 36.8 Å². The molecule has 1 aliphatic heterocycles. The third-order valence-corrected chi connectivity index (χ3v) is 5.86. The van der Waals surface area contributed by atoms with E-state index in [1.54, 1.807) is 6.20 Å². The number of amides is 1. The summed E-state index contributed by atoms with van der Waals surface area (Å²) in [6, 6.07) is 2.01. The van der Waals surface area contributed by atoms with Gasteiger partial charge in [-0.1, -0.05) is 12.1 Å². The third kappa shape index (κ3) is 3.06. The fraction of sp³-hybridized carbons (Fsp3) is 0.650. The fourth-order valence-corrected chi connectivity index (χ4v) is 4.33. The summed E-state index contributed by atoms with van der Waals surface area (Å²) in [4.78, 5) is 14.8. The minimum Gasteiger partial charge on any atom is -0.361 e. The van der Waals surface area contributed by atoms with Crippen LogP contribution in [0.2, 0.25) is 0 Å². The number of nitrogens with zero attached hydrogens (tertiary/aromatic N) is 4. The van der Waals surface area contributed by atoms with Crippen LogP contribution in [-0.4, -0.2) is 38.8 Å². The molecular formula is C20H28N4O2. The van der Waals surface area contributed by atoms with E-state index < -0.39 is 0 Å². The van der Waals surface area contributed by atoms with Crippen molar-refractivity contribution < 1.29 is 9.32 Å². The summed E-state index contributed by atoms with van der Waals surface area (Å²) in [5.41, 5.74) is 3.20. The zero-order chi connectivity index (χ0) is 18.3. The Bertz CT molecular complexity index is 784. The molecule has 6 heteroatoms. The SMILES string of the molecule is CC1CCc2noc(C3CCN(C(=O)c4ccnn4C(C)C)CC3)c2C1. The van der Waals surface area contributed by atoms with Gasteiger partial charge in [0.1, 0.15) is 11.5 Å². The molecule has 0 saturated carbocycles. The van der Waals surface area contributed by atoms with E-state index in [2.05, 4.69) is 17.2 Å². The smallest absolute Gasteiger partial charge is 0.272 e. The van der Waals surface area contributed by atoms with Gasteiger partial charge in [-0.2, -0.15) is 5.10 Å². The summed E-state index contributed by atoms with van der Waals surface area (Å²) in [5, 5.41) is 8.61. The Morgan fingerprint density at radius 2 is 2.04 bits per heavy atom. The summed E-state index contributed by atoms with van der Waals surface area (Å²) in [5.74, 6) is 2.27. The number of rotatable bonds is 3. The Hall–Kier alpha value is -2.11. The molecule has 2 aliphatic rings. The van der Waals surface area contributed by atoms with Crippen molar-refractivity contribution in [3.63, 3.8) is 0 Å². The van der Waals surface area contributed by atoms with E-state index in [4.69, 9.17) is 4.52 Å². The summed E-state index contributed by atoms with van der Waals surface area (Å²) in [7, 11) is 0. The Morgan fingerprint density at radius 3 is 2.77 bits per heavy atom. The average Bonchev–Trinajstić information content (AvgIpc) is 3.28. The van der Waals surface area contributed by atoms with Crippen LogP contribution < -0.4 is 0 Å². The first-order valence-corrected chi connectivity index (χ1v) is 9.84. The van der Waals surface area contributed by atoms with Gasteiger partial charge in [-0.15, -0.1) is 0 Å². The van der Waals surface area contributed by atoms with Gasteiger partial charge < -0.3 is 9.42 Å². The molecule has 26 heavy (non-hydrogen) atoms. The van der Waals surface area contributed by atoms with Gasteiger partial charge in [0.2, 0.25) is 0 Å². The van der Waals surface area contributed by atoms with Crippen LogP contribution in [-0.2, 0) is 12.8 Å². The number of carbonyl (C=O) groups is 1. The lowest BCUT2D eigenvalue weighted by atomic mass is 9.83. The molecule has 1 aliphatic carbocycles. The van der Waals surface area contributed by atoms with Gasteiger partial charge in [0.15, 0.2) is 0 Å². The van der Waals surface area contributed by atoms with E-state index in [1.807, 2.05) is 29.5 Å². The van der Waals surface area contributed by atoms with E-state index in [1.165, 1.54) is 12.0 Å². The zero-order valence-corrected chi connectivity index (χ0v) is 15.9. The molecule has 0 N–H and O–H groups in total. The summed E-state index contributed by atoms with van der Waals surface area (Å²) in [6.45, 7) is 7.92. The molecule has 140 valence electrons. The van der Waals surface area contributed by atoms with Gasteiger partial charge in [-0.3, -0.25) is 9.48 Å². The number of piperidine rings is 1. The zero-order valence-electron chi connectivity index (χ0n) is 15.9. The van der Waals surface area contributed by atoms with Crippen LogP contribution in [0.25, 0.3) is 0 Å². The molecule has 0 aromatic carbocycles. The first-order chi connectivity index (χ1) is 12.5. The number of aromatic nitrogens is 3. The molecule has 0 radical (unpaired) electrons. The van der Waals surface area contributed by atoms with Crippen LogP contribution >= 0.6 is 0 Å². The van der Waals surface area contributed by atoms with Crippen molar-refractivity contribution in [2.75, 3.05) is 13.1 Å². The lowest BCUT2D eigenvalue weighted by molar-refractivity contribution is 0.0691. The molecular weight excluding hydrogens is 328 g/mol. The largest absolute Gasteiger partial charge is 0.361 e. The third-order valence-electron chi connectivity index (χ3n) is 5.86. The van der Waals surface area contributed by atoms with Crippen molar-refractivity contribution in [2.24, 2.45) is 5.92 Å². The standard InChI is InChI=1S/C20H28N4O2/c1-13(2)24-18(6-9-21-24)20(25)23-10-7-15(8-11-23)19-16-12-14(3)4-5-17(16)22-26-19/h6,9,13-15H,4-5,7-8,10-12H2,1-3H3. The van der Waals surface area contributed by atoms with Crippen LogP contribution in [0.1, 0.15) is 79.5 Å². The molecule has 0 bridgehead atoms. The molecule has 0 spiro atoms. The second-order valence-electron chi connectivity index (χ2n) is 8.14. The van der Waals surface area contributed by atoms with Crippen LogP contribution in [0.5, 0.6) is 0 Å². The molecule has 1 unspecified atom stereocenters.